The van der Waals surface area contributed by atoms with Crippen molar-refractivity contribution in [2.24, 2.45) is 4.99 Å². The van der Waals surface area contributed by atoms with Gasteiger partial charge in [-0.05, 0) is 42.7 Å². The van der Waals surface area contributed by atoms with Gasteiger partial charge < -0.3 is 14.4 Å². The molecule has 5 heteroatoms. The van der Waals surface area contributed by atoms with Crippen molar-refractivity contribution < 1.29 is 9.47 Å². The summed E-state index contributed by atoms with van der Waals surface area (Å²) in [7, 11) is 1.98. The van der Waals surface area contributed by atoms with E-state index in [1.54, 1.807) is 6.34 Å². The Labute approximate surface area is 160 Å². The Morgan fingerprint density at radius 1 is 1.27 bits per heavy atom. The Balaban J connectivity index is 1.82. The van der Waals surface area contributed by atoms with Gasteiger partial charge in [-0.15, -0.1) is 0 Å². The van der Waals surface area contributed by atoms with Crippen LogP contribution in [0.1, 0.15) is 23.6 Å². The average Bonchev–Trinajstić information content (AvgIpc) is 2.62. The number of hydrogen-bond acceptors (Lipinski definition) is 3. The second-order valence-corrected chi connectivity index (χ2v) is 7.10. The first kappa shape index (κ1) is 18.9. The molecule has 1 saturated heterocycles. The molecule has 3 rings (SSSR count). The maximum atomic E-state index is 6.50. The van der Waals surface area contributed by atoms with Crippen LogP contribution in [0, 0.1) is 6.92 Å². The highest BCUT2D eigenvalue weighted by Crippen LogP contribution is 2.40. The van der Waals surface area contributed by atoms with Crippen molar-refractivity contribution in [3.05, 3.63) is 64.2 Å². The molecule has 1 fully saturated rings. The van der Waals surface area contributed by atoms with E-state index in [9.17, 15) is 0 Å². The third-order valence-corrected chi connectivity index (χ3v) is 5.01. The van der Waals surface area contributed by atoms with Crippen molar-refractivity contribution in [3.63, 3.8) is 0 Å². The van der Waals surface area contributed by atoms with E-state index in [4.69, 9.17) is 21.1 Å². The average molecular weight is 373 g/mol. The zero-order valence-corrected chi connectivity index (χ0v) is 16.3. The fourth-order valence-corrected chi connectivity index (χ4v) is 3.11. The summed E-state index contributed by atoms with van der Waals surface area (Å²) in [4.78, 5) is 6.50. The maximum absolute atomic E-state index is 6.50. The smallest absolute Gasteiger partial charge is 0.140 e. The standard InChI is InChI=1S/C21H25ClN2O2/c1-4-24(3)15-23-20-10-16(2)18(11-19(20)22)21(13-25-14-21)26-12-17-8-6-5-7-9-17/h5-11,15H,4,12-14H2,1-3H3. The molecule has 2 aromatic rings. The number of hydrogen-bond donors (Lipinski definition) is 0. The second kappa shape index (κ2) is 8.21. The number of ether oxygens (including phenoxy) is 2. The molecule has 0 atom stereocenters. The maximum Gasteiger partial charge on any atom is 0.140 e. The first-order chi connectivity index (χ1) is 12.5. The summed E-state index contributed by atoms with van der Waals surface area (Å²) in [5.74, 6) is 0. The highest BCUT2D eigenvalue weighted by Gasteiger charge is 2.43. The second-order valence-electron chi connectivity index (χ2n) is 6.70. The monoisotopic (exact) mass is 372 g/mol. The topological polar surface area (TPSA) is 34.1 Å². The molecule has 2 aromatic carbocycles. The highest BCUT2D eigenvalue weighted by molar-refractivity contribution is 6.33. The summed E-state index contributed by atoms with van der Waals surface area (Å²) in [6, 6.07) is 14.2. The van der Waals surface area contributed by atoms with Gasteiger partial charge in [-0.25, -0.2) is 4.99 Å². The first-order valence-corrected chi connectivity index (χ1v) is 9.22. The van der Waals surface area contributed by atoms with E-state index in [1.807, 2.05) is 42.3 Å². The Morgan fingerprint density at radius 3 is 2.62 bits per heavy atom. The van der Waals surface area contributed by atoms with Gasteiger partial charge in [0.15, 0.2) is 0 Å². The van der Waals surface area contributed by atoms with Crippen molar-refractivity contribution in [3.8, 4) is 0 Å². The molecule has 1 heterocycles. The number of rotatable bonds is 7. The Hall–Kier alpha value is -1.88. The Bertz CT molecular complexity index is 773. The molecular formula is C21H25ClN2O2. The van der Waals surface area contributed by atoms with Crippen molar-refractivity contribution in [1.29, 1.82) is 0 Å². The fourth-order valence-electron chi connectivity index (χ4n) is 2.90. The number of benzene rings is 2. The van der Waals surface area contributed by atoms with E-state index in [1.165, 1.54) is 0 Å². The van der Waals surface area contributed by atoms with Crippen LogP contribution in [0.2, 0.25) is 5.02 Å². The molecule has 0 spiro atoms. The highest BCUT2D eigenvalue weighted by atomic mass is 35.5. The molecule has 0 aromatic heterocycles. The minimum absolute atomic E-state index is 0.438. The summed E-state index contributed by atoms with van der Waals surface area (Å²) in [5, 5.41) is 0.626. The number of halogens is 1. The van der Waals surface area contributed by atoms with Gasteiger partial charge in [-0.3, -0.25) is 0 Å². The van der Waals surface area contributed by atoms with Gasteiger partial charge >= 0.3 is 0 Å². The minimum atomic E-state index is -0.438. The molecule has 0 saturated carbocycles. The lowest BCUT2D eigenvalue weighted by molar-refractivity contribution is -0.223. The molecule has 0 radical (unpaired) electrons. The van der Waals surface area contributed by atoms with Gasteiger partial charge in [0.2, 0.25) is 0 Å². The van der Waals surface area contributed by atoms with Crippen molar-refractivity contribution >= 4 is 23.6 Å². The van der Waals surface area contributed by atoms with Crippen LogP contribution in [0.15, 0.2) is 47.5 Å². The van der Waals surface area contributed by atoms with Crippen LogP contribution >= 0.6 is 11.6 Å². The van der Waals surface area contributed by atoms with Crippen molar-refractivity contribution in [2.75, 3.05) is 26.8 Å². The lowest BCUT2D eigenvalue weighted by Gasteiger charge is -2.42. The van der Waals surface area contributed by atoms with Crippen LogP contribution in [0.4, 0.5) is 5.69 Å². The van der Waals surface area contributed by atoms with Crippen molar-refractivity contribution in [2.45, 2.75) is 26.1 Å². The van der Waals surface area contributed by atoms with Gasteiger partial charge in [-0.2, -0.15) is 0 Å². The van der Waals surface area contributed by atoms with Gasteiger partial charge in [0.05, 0.1) is 36.9 Å². The third-order valence-electron chi connectivity index (χ3n) is 4.71. The SMILES string of the molecule is CCN(C)C=Nc1cc(C)c(C2(OCc3ccccc3)COC2)cc1Cl. The Kier molecular flexibility index (Phi) is 5.97. The fraction of sp³-hybridized carbons (Fsp3) is 0.381. The molecule has 0 N–H and O–H groups in total. The molecule has 0 amide bonds. The number of nitrogens with zero attached hydrogens (tertiary/aromatic N) is 2. The summed E-state index contributed by atoms with van der Waals surface area (Å²) in [5.41, 5.74) is 3.66. The summed E-state index contributed by atoms with van der Waals surface area (Å²) >= 11 is 6.50. The molecule has 1 aliphatic rings. The summed E-state index contributed by atoms with van der Waals surface area (Å²) in [6.07, 6.45) is 1.80. The van der Waals surface area contributed by atoms with E-state index < -0.39 is 5.60 Å². The van der Waals surface area contributed by atoms with Crippen LogP contribution in [-0.2, 0) is 21.7 Å². The predicted octanol–water partition coefficient (Wildman–Crippen LogP) is 4.70. The van der Waals surface area contributed by atoms with Gasteiger partial charge in [0.25, 0.3) is 0 Å². The molecule has 0 aliphatic carbocycles. The molecule has 0 unspecified atom stereocenters. The van der Waals surface area contributed by atoms with Crippen LogP contribution in [0.25, 0.3) is 0 Å². The first-order valence-electron chi connectivity index (χ1n) is 8.85. The van der Waals surface area contributed by atoms with Crippen LogP contribution in [-0.4, -0.2) is 38.0 Å². The third kappa shape index (κ3) is 4.09. The van der Waals surface area contributed by atoms with Crippen LogP contribution < -0.4 is 0 Å². The van der Waals surface area contributed by atoms with E-state index in [-0.39, 0.29) is 0 Å². The largest absolute Gasteiger partial charge is 0.375 e. The zero-order chi connectivity index (χ0) is 18.6. The molecular weight excluding hydrogens is 348 g/mol. The van der Waals surface area contributed by atoms with Crippen LogP contribution in [0.3, 0.4) is 0 Å². The van der Waals surface area contributed by atoms with Crippen LogP contribution in [0.5, 0.6) is 0 Å². The molecule has 26 heavy (non-hydrogen) atoms. The number of aryl methyl sites for hydroxylation is 1. The normalized spacial score (nSPS) is 15.8. The van der Waals surface area contributed by atoms with Gasteiger partial charge in [0.1, 0.15) is 5.60 Å². The molecule has 4 nitrogen and oxygen atoms in total. The Morgan fingerprint density at radius 2 is 2.00 bits per heavy atom. The van der Waals surface area contributed by atoms with E-state index in [0.717, 1.165) is 28.9 Å². The summed E-state index contributed by atoms with van der Waals surface area (Å²) in [6.45, 7) is 6.66. The number of aliphatic imine (C=N–C) groups is 1. The zero-order valence-electron chi connectivity index (χ0n) is 15.5. The minimum Gasteiger partial charge on any atom is -0.375 e. The quantitative estimate of drug-likeness (QED) is 0.521. The molecule has 138 valence electrons. The van der Waals surface area contributed by atoms with E-state index in [0.29, 0.717) is 24.8 Å². The van der Waals surface area contributed by atoms with E-state index >= 15 is 0 Å². The lowest BCUT2D eigenvalue weighted by Crippen LogP contribution is -2.49. The van der Waals surface area contributed by atoms with Gasteiger partial charge in [-0.1, -0.05) is 41.9 Å². The van der Waals surface area contributed by atoms with E-state index in [2.05, 4.69) is 31.0 Å². The molecule has 0 bridgehead atoms. The van der Waals surface area contributed by atoms with Gasteiger partial charge in [0, 0.05) is 13.6 Å². The summed E-state index contributed by atoms with van der Waals surface area (Å²) < 4.78 is 11.8. The van der Waals surface area contributed by atoms with Crippen molar-refractivity contribution in [1.82, 2.24) is 4.90 Å². The molecule has 1 aliphatic heterocycles. The lowest BCUT2D eigenvalue weighted by atomic mass is 9.88. The predicted molar refractivity (Wildman–Crippen MR) is 106 cm³/mol.